The molecule has 232 valence electrons. The lowest BCUT2D eigenvalue weighted by Gasteiger charge is -2.43. The van der Waals surface area contributed by atoms with Gasteiger partial charge in [0.1, 0.15) is 5.78 Å². The van der Waals surface area contributed by atoms with Gasteiger partial charge in [-0.2, -0.15) is 0 Å². The summed E-state index contributed by atoms with van der Waals surface area (Å²) >= 11 is 0. The summed E-state index contributed by atoms with van der Waals surface area (Å²) in [7, 11) is 1.51. The highest BCUT2D eigenvalue weighted by Gasteiger charge is 2.40. The molecule has 0 spiro atoms. The van der Waals surface area contributed by atoms with Crippen LogP contribution in [-0.4, -0.2) is 52.5 Å². The third kappa shape index (κ3) is 8.74. The molecule has 0 aromatic heterocycles. The van der Waals surface area contributed by atoms with E-state index in [1.165, 1.54) is 18.7 Å². The minimum atomic E-state index is -0.842. The van der Waals surface area contributed by atoms with Gasteiger partial charge in [0.05, 0.1) is 13.2 Å². The summed E-state index contributed by atoms with van der Waals surface area (Å²) in [4.78, 5) is 13.5. The minimum absolute atomic E-state index is 0.0127. The monoisotopic (exact) mass is 589 g/mol. The van der Waals surface area contributed by atoms with Crippen LogP contribution < -0.4 is 10.1 Å². The summed E-state index contributed by atoms with van der Waals surface area (Å²) in [5, 5.41) is 45.3. The molecule has 4 rings (SSSR count). The second-order valence-electron chi connectivity index (χ2n) is 12.2. The highest BCUT2D eigenvalue weighted by Crippen LogP contribution is 2.47. The molecule has 1 fully saturated rings. The van der Waals surface area contributed by atoms with E-state index in [0.29, 0.717) is 18.1 Å². The van der Waals surface area contributed by atoms with E-state index in [1.807, 2.05) is 30.3 Å². The smallest absolute Gasteiger partial charge is 0.160 e. The Morgan fingerprint density at radius 2 is 1.77 bits per heavy atom. The molecule has 4 atom stereocenters. The van der Waals surface area contributed by atoms with Crippen molar-refractivity contribution < 1.29 is 30.0 Å². The first kappa shape index (κ1) is 32.4. The van der Waals surface area contributed by atoms with Crippen molar-refractivity contribution >= 4 is 5.78 Å². The Morgan fingerprint density at radius 3 is 2.49 bits per heavy atom. The summed E-state index contributed by atoms with van der Waals surface area (Å²) in [5.41, 5.74) is 2.60. The summed E-state index contributed by atoms with van der Waals surface area (Å²) in [6.45, 7) is 3.86. The number of hydrogen-bond acceptors (Lipinski definition) is 7. The Balaban J connectivity index is 1.50. The van der Waals surface area contributed by atoms with E-state index in [4.69, 9.17) is 4.74 Å². The lowest BCUT2D eigenvalue weighted by Crippen LogP contribution is -2.39. The number of ether oxygens (including phenoxy) is 1. The van der Waals surface area contributed by atoms with Gasteiger partial charge in [0.15, 0.2) is 23.0 Å². The maximum absolute atomic E-state index is 13.5. The first-order chi connectivity index (χ1) is 20.7. The number of methoxy groups -OCH3 is 1. The highest BCUT2D eigenvalue weighted by molar-refractivity contribution is 5.79. The number of carbonyl (C=O) groups is 1. The third-order valence-corrected chi connectivity index (χ3v) is 9.08. The lowest BCUT2D eigenvalue weighted by molar-refractivity contribution is -0.121. The van der Waals surface area contributed by atoms with Crippen molar-refractivity contribution in [3.05, 3.63) is 83.4 Å². The van der Waals surface area contributed by atoms with Gasteiger partial charge in [0, 0.05) is 12.8 Å². The van der Waals surface area contributed by atoms with Gasteiger partial charge in [-0.1, -0.05) is 55.8 Å². The number of nitrogens with one attached hydrogen (secondary N) is 1. The molecule has 0 amide bonds. The van der Waals surface area contributed by atoms with Crippen LogP contribution >= 0.6 is 0 Å². The fraction of sp³-hybridized carbons (Fsp3) is 0.472. The average Bonchev–Trinajstić information content (AvgIpc) is 3.00. The molecule has 0 aliphatic heterocycles. The maximum atomic E-state index is 13.5. The number of aryl methyl sites for hydroxylation is 1. The molecule has 0 saturated heterocycles. The first-order valence-electron chi connectivity index (χ1n) is 15.6. The molecule has 0 heterocycles. The predicted molar refractivity (Wildman–Crippen MR) is 169 cm³/mol. The molecule has 5 N–H and O–H groups in total. The van der Waals surface area contributed by atoms with Crippen LogP contribution in [0, 0.1) is 5.92 Å². The summed E-state index contributed by atoms with van der Waals surface area (Å²) in [6.07, 6.45) is 5.18. The van der Waals surface area contributed by atoms with Crippen LogP contribution in [0.5, 0.6) is 23.0 Å². The van der Waals surface area contributed by atoms with E-state index in [2.05, 4.69) is 24.4 Å². The van der Waals surface area contributed by atoms with Crippen LogP contribution in [0.4, 0.5) is 0 Å². The topological polar surface area (TPSA) is 119 Å². The van der Waals surface area contributed by atoms with E-state index >= 15 is 0 Å². The summed E-state index contributed by atoms with van der Waals surface area (Å²) in [6, 6.07) is 20.4. The first-order valence-corrected chi connectivity index (χ1v) is 15.6. The SMILES string of the molecule is CCNC[C@@H]1CCC[C@@](C[C@@H](O)CC(=O)C[C@H](CCc2ccccc2)c2ccc(O)c(OC)c2)(c2ccc(O)c(O)c2)C1. The van der Waals surface area contributed by atoms with Gasteiger partial charge in [0.25, 0.3) is 0 Å². The van der Waals surface area contributed by atoms with Crippen molar-refractivity contribution in [2.45, 2.75) is 82.1 Å². The van der Waals surface area contributed by atoms with Crippen LogP contribution in [0.2, 0.25) is 0 Å². The molecular formula is C36H47NO6. The predicted octanol–water partition coefficient (Wildman–Crippen LogP) is 6.37. The summed E-state index contributed by atoms with van der Waals surface area (Å²) < 4.78 is 5.34. The number of carbonyl (C=O) groups excluding carboxylic acids is 1. The van der Waals surface area contributed by atoms with Crippen LogP contribution in [0.15, 0.2) is 66.7 Å². The van der Waals surface area contributed by atoms with Crippen molar-refractivity contribution in [1.29, 1.82) is 0 Å². The molecule has 1 saturated carbocycles. The van der Waals surface area contributed by atoms with Gasteiger partial charge < -0.3 is 30.5 Å². The number of phenols is 3. The van der Waals surface area contributed by atoms with E-state index in [9.17, 15) is 25.2 Å². The molecule has 0 unspecified atom stereocenters. The number of aliphatic hydroxyl groups is 1. The zero-order chi connectivity index (χ0) is 30.8. The Labute approximate surface area is 255 Å². The van der Waals surface area contributed by atoms with Gasteiger partial charge >= 0.3 is 0 Å². The lowest BCUT2D eigenvalue weighted by atomic mass is 9.63. The quantitative estimate of drug-likeness (QED) is 0.131. The minimum Gasteiger partial charge on any atom is -0.504 e. The van der Waals surface area contributed by atoms with Crippen molar-refractivity contribution in [2.75, 3.05) is 20.2 Å². The Hall–Kier alpha value is -3.55. The van der Waals surface area contributed by atoms with Crippen LogP contribution in [0.25, 0.3) is 0 Å². The van der Waals surface area contributed by atoms with Crippen molar-refractivity contribution in [3.63, 3.8) is 0 Å². The van der Waals surface area contributed by atoms with E-state index in [-0.39, 0.29) is 41.8 Å². The second kappa shape index (κ2) is 15.3. The zero-order valence-corrected chi connectivity index (χ0v) is 25.5. The Kier molecular flexibility index (Phi) is 11.5. The molecule has 0 bridgehead atoms. The molecular weight excluding hydrogens is 542 g/mol. The number of Topliss-reactive ketones (excluding diaryl/α,β-unsaturated/α-hetero) is 1. The second-order valence-corrected chi connectivity index (χ2v) is 12.2. The number of benzene rings is 3. The Morgan fingerprint density at radius 1 is 1.00 bits per heavy atom. The molecule has 1 aliphatic carbocycles. The molecule has 7 nitrogen and oxygen atoms in total. The number of aromatic hydroxyl groups is 3. The van der Waals surface area contributed by atoms with Gasteiger partial charge in [-0.15, -0.1) is 0 Å². The average molecular weight is 590 g/mol. The van der Waals surface area contributed by atoms with Crippen LogP contribution in [-0.2, 0) is 16.6 Å². The number of phenolic OH excluding ortho intramolecular Hbond substituents is 3. The number of rotatable bonds is 15. The van der Waals surface area contributed by atoms with Gasteiger partial charge in [0.2, 0.25) is 0 Å². The van der Waals surface area contributed by atoms with Crippen LogP contribution in [0.1, 0.15) is 80.9 Å². The van der Waals surface area contributed by atoms with Crippen molar-refractivity contribution in [2.24, 2.45) is 5.92 Å². The van der Waals surface area contributed by atoms with Gasteiger partial charge in [-0.05, 0) is 110 Å². The molecule has 1 aliphatic rings. The standard InChI is InChI=1S/C36H47NO6/c1-3-37-24-26-10-7-17-36(22-26,29-14-16-32(40)34(42)20-29)23-31(39)21-30(38)18-27(12-11-25-8-5-4-6-9-25)28-13-15-33(41)35(19-28)43-2/h4-6,8-9,13-16,19-20,26-27,31,37,39-42H,3,7,10-12,17-18,21-24H2,1-2H3/t26-,27+,31+,36-/m1/s1. The number of hydrogen-bond donors (Lipinski definition) is 5. The molecule has 3 aromatic carbocycles. The normalized spacial score (nSPS) is 19.9. The largest absolute Gasteiger partial charge is 0.504 e. The Bertz CT molecular complexity index is 1330. The number of aliphatic hydroxyl groups excluding tert-OH is 1. The third-order valence-electron chi connectivity index (χ3n) is 9.08. The van der Waals surface area contributed by atoms with E-state index < -0.39 is 11.5 Å². The molecule has 0 radical (unpaired) electrons. The van der Waals surface area contributed by atoms with Gasteiger partial charge in [-0.3, -0.25) is 4.79 Å². The molecule has 7 heteroatoms. The number of ketones is 1. The molecule has 43 heavy (non-hydrogen) atoms. The summed E-state index contributed by atoms with van der Waals surface area (Å²) in [5.74, 6) is 0.402. The maximum Gasteiger partial charge on any atom is 0.160 e. The fourth-order valence-electron chi connectivity index (χ4n) is 6.89. The van der Waals surface area contributed by atoms with Gasteiger partial charge in [-0.25, -0.2) is 0 Å². The van der Waals surface area contributed by atoms with E-state index in [1.54, 1.807) is 18.2 Å². The van der Waals surface area contributed by atoms with Crippen LogP contribution in [0.3, 0.4) is 0 Å². The fourth-order valence-corrected chi connectivity index (χ4v) is 6.89. The molecule has 3 aromatic rings. The van der Waals surface area contributed by atoms with Crippen molar-refractivity contribution in [3.8, 4) is 23.0 Å². The van der Waals surface area contributed by atoms with Crippen molar-refractivity contribution in [1.82, 2.24) is 5.32 Å². The highest BCUT2D eigenvalue weighted by atomic mass is 16.5. The van der Waals surface area contributed by atoms with E-state index in [0.717, 1.165) is 62.7 Å². The zero-order valence-electron chi connectivity index (χ0n) is 25.5.